The zero-order valence-electron chi connectivity index (χ0n) is 11.0. The SMILES string of the molecule is CC1=[C]([Ti+3])C([Si](C)(C)C)c2ccccc21.[Cl-].[Cl-].[Cl-]. The van der Waals surface area contributed by atoms with Gasteiger partial charge in [0.05, 0.1) is 0 Å². The molecule has 0 nitrogen and oxygen atoms in total. The van der Waals surface area contributed by atoms with Crippen LogP contribution in [-0.2, 0) is 20.4 Å². The first-order valence-electron chi connectivity index (χ1n) is 5.44. The van der Waals surface area contributed by atoms with Gasteiger partial charge < -0.3 is 37.2 Å². The van der Waals surface area contributed by atoms with Gasteiger partial charge in [-0.2, -0.15) is 0 Å². The van der Waals surface area contributed by atoms with E-state index in [2.05, 4.69) is 71.3 Å². The van der Waals surface area contributed by atoms with Crippen molar-refractivity contribution < 1.29 is 57.7 Å². The zero-order chi connectivity index (χ0) is 11.2. The van der Waals surface area contributed by atoms with Crippen molar-refractivity contribution in [3.63, 3.8) is 0 Å². The van der Waals surface area contributed by atoms with Gasteiger partial charge in [0.25, 0.3) is 0 Å². The van der Waals surface area contributed by atoms with Crippen LogP contribution in [0, 0.1) is 0 Å². The maximum Gasteiger partial charge on any atom is -1.00 e. The fourth-order valence-corrected chi connectivity index (χ4v) is 7.26. The Morgan fingerprint density at radius 3 is 2.00 bits per heavy atom. The molecule has 0 aliphatic heterocycles. The molecule has 0 fully saturated rings. The molecule has 0 aromatic heterocycles. The summed E-state index contributed by atoms with van der Waals surface area (Å²) >= 11 is 2.32. The first-order chi connectivity index (χ1) is 6.93. The van der Waals surface area contributed by atoms with Crippen molar-refractivity contribution in [2.75, 3.05) is 0 Å². The second-order valence-corrected chi connectivity index (χ2v) is 11.6. The van der Waals surface area contributed by atoms with E-state index < -0.39 is 8.07 Å². The molecule has 0 spiro atoms. The number of halogens is 3. The molecule has 2 rings (SSSR count). The fraction of sp³-hybridized carbons (Fsp3) is 0.385. The van der Waals surface area contributed by atoms with Gasteiger partial charge in [-0.3, -0.25) is 0 Å². The monoisotopic (exact) mass is 354 g/mol. The molecule has 98 valence electrons. The van der Waals surface area contributed by atoms with Crippen molar-refractivity contribution in [1.82, 2.24) is 0 Å². The Kier molecular flexibility index (Phi) is 8.80. The summed E-state index contributed by atoms with van der Waals surface area (Å²) in [6.45, 7) is 9.68. The molecule has 0 bridgehead atoms. The third kappa shape index (κ3) is 3.65. The largest absolute Gasteiger partial charge is 1.00 e. The van der Waals surface area contributed by atoms with E-state index in [0.717, 1.165) is 5.54 Å². The Hall–Kier alpha value is 0.761. The molecule has 1 unspecified atom stereocenters. The van der Waals surface area contributed by atoms with E-state index >= 15 is 0 Å². The van der Waals surface area contributed by atoms with E-state index in [1.54, 1.807) is 9.44 Å². The minimum Gasteiger partial charge on any atom is -1.00 e. The summed E-state index contributed by atoms with van der Waals surface area (Å²) in [4.78, 5) is 0. The molecule has 0 saturated carbocycles. The summed E-state index contributed by atoms with van der Waals surface area (Å²) in [6.07, 6.45) is 0. The first-order valence-corrected chi connectivity index (χ1v) is 9.80. The van der Waals surface area contributed by atoms with E-state index in [9.17, 15) is 0 Å². The number of allylic oxidation sites excluding steroid dienone is 2. The average Bonchev–Trinajstić information content (AvgIpc) is 2.39. The van der Waals surface area contributed by atoms with E-state index in [0.29, 0.717) is 0 Å². The number of fused-ring (bicyclic) bond motifs is 1. The summed E-state index contributed by atoms with van der Waals surface area (Å²) in [7, 11) is -1.14. The van der Waals surface area contributed by atoms with Crippen LogP contribution < -0.4 is 37.2 Å². The van der Waals surface area contributed by atoms with Crippen molar-refractivity contribution in [3.05, 3.63) is 39.3 Å². The molecule has 0 heterocycles. The molecule has 0 N–H and O–H groups in total. The summed E-state index contributed by atoms with van der Waals surface area (Å²) in [6, 6.07) is 8.92. The molecular weight excluding hydrogens is 338 g/mol. The smallest absolute Gasteiger partial charge is 1.00 e. The predicted octanol–water partition coefficient (Wildman–Crippen LogP) is -5.05. The van der Waals surface area contributed by atoms with E-state index in [1.165, 1.54) is 11.1 Å². The van der Waals surface area contributed by atoms with Gasteiger partial charge in [-0.05, 0) is 0 Å². The fourth-order valence-electron chi connectivity index (χ4n) is 2.51. The third-order valence-electron chi connectivity index (χ3n) is 3.23. The first kappa shape index (κ1) is 21.1. The minimum absolute atomic E-state index is 0. The van der Waals surface area contributed by atoms with Gasteiger partial charge in [0.2, 0.25) is 0 Å². The van der Waals surface area contributed by atoms with Crippen molar-refractivity contribution >= 4 is 13.6 Å². The molecule has 1 aromatic carbocycles. The molecular formula is C13H17Cl3SiTi. The van der Waals surface area contributed by atoms with Crippen LogP contribution >= 0.6 is 0 Å². The van der Waals surface area contributed by atoms with Crippen LogP contribution in [0.25, 0.3) is 5.57 Å². The second kappa shape index (κ2) is 7.52. The van der Waals surface area contributed by atoms with Crippen LogP contribution in [0.2, 0.25) is 19.6 Å². The summed E-state index contributed by atoms with van der Waals surface area (Å²) < 4.78 is 1.61. The van der Waals surface area contributed by atoms with E-state index in [1.807, 2.05) is 0 Å². The van der Waals surface area contributed by atoms with Crippen LogP contribution in [0.1, 0.15) is 23.6 Å². The van der Waals surface area contributed by atoms with Crippen molar-refractivity contribution in [3.8, 4) is 0 Å². The standard InChI is InChI=1S/C13H17Si.3ClH.Ti/c1-10-9-13(14(2,3)4)12-8-6-5-7-11(10)12;;;;/h5-8,13H,1-4H3;3*1H;/q;;;;+3/p-3. The Balaban J connectivity index is 0. The van der Waals surface area contributed by atoms with E-state index in [-0.39, 0.29) is 37.2 Å². The molecule has 1 atom stereocenters. The van der Waals surface area contributed by atoms with Gasteiger partial charge in [0, 0.05) is 0 Å². The average molecular weight is 356 g/mol. The van der Waals surface area contributed by atoms with Crippen molar-refractivity contribution in [2.24, 2.45) is 0 Å². The maximum atomic E-state index is 2.47. The number of hydrogen-bond donors (Lipinski definition) is 0. The van der Waals surface area contributed by atoms with Crippen LogP contribution in [0.15, 0.2) is 28.1 Å². The summed E-state index contributed by atoms with van der Waals surface area (Å²) in [5.41, 5.74) is 5.31. The summed E-state index contributed by atoms with van der Waals surface area (Å²) in [5.74, 6) is 0. The van der Waals surface area contributed by atoms with Crippen LogP contribution in [0.5, 0.6) is 0 Å². The Morgan fingerprint density at radius 2 is 1.50 bits per heavy atom. The van der Waals surface area contributed by atoms with Crippen LogP contribution in [-0.4, -0.2) is 8.07 Å². The van der Waals surface area contributed by atoms with Gasteiger partial charge >= 0.3 is 105 Å². The number of benzene rings is 1. The molecule has 1 aromatic rings. The van der Waals surface area contributed by atoms with E-state index in [4.69, 9.17) is 0 Å². The topological polar surface area (TPSA) is 0 Å². The maximum absolute atomic E-state index is 2.47. The molecule has 0 radical (unpaired) electrons. The van der Waals surface area contributed by atoms with Gasteiger partial charge in [0.1, 0.15) is 0 Å². The Bertz CT molecular complexity index is 438. The number of hydrogen-bond acceptors (Lipinski definition) is 0. The van der Waals surface area contributed by atoms with Crippen LogP contribution in [0.3, 0.4) is 0 Å². The molecule has 0 saturated heterocycles. The molecule has 5 heteroatoms. The zero-order valence-corrected chi connectivity index (χ0v) is 15.8. The van der Waals surface area contributed by atoms with Crippen LogP contribution in [0.4, 0.5) is 0 Å². The Labute approximate surface area is 142 Å². The van der Waals surface area contributed by atoms with Crippen molar-refractivity contribution in [1.29, 1.82) is 0 Å². The number of rotatable bonds is 1. The second-order valence-electron chi connectivity index (χ2n) is 5.42. The molecule has 1 aliphatic rings. The Morgan fingerprint density at radius 1 is 1.00 bits per heavy atom. The van der Waals surface area contributed by atoms with Gasteiger partial charge in [0.15, 0.2) is 0 Å². The van der Waals surface area contributed by atoms with Gasteiger partial charge in [-0.15, -0.1) is 0 Å². The predicted molar refractivity (Wildman–Crippen MR) is 65.1 cm³/mol. The molecule has 1 aliphatic carbocycles. The van der Waals surface area contributed by atoms with Gasteiger partial charge in [-0.1, -0.05) is 0 Å². The molecule has 0 amide bonds. The molecule has 18 heavy (non-hydrogen) atoms. The third-order valence-corrected chi connectivity index (χ3v) is 7.05. The van der Waals surface area contributed by atoms with Gasteiger partial charge in [-0.25, -0.2) is 0 Å². The quantitative estimate of drug-likeness (QED) is 0.443. The van der Waals surface area contributed by atoms with Crippen molar-refractivity contribution in [2.45, 2.75) is 32.1 Å². The summed E-state index contributed by atoms with van der Waals surface area (Å²) in [5, 5.41) is 0. The normalized spacial score (nSPS) is 17.3. The minimum atomic E-state index is -1.14.